The molecule has 0 radical (unpaired) electrons. The molecule has 0 saturated carbocycles. The number of ether oxygens (including phenoxy) is 2. The van der Waals surface area contributed by atoms with Crippen molar-refractivity contribution < 1.29 is 14.3 Å². The van der Waals surface area contributed by atoms with E-state index in [0.717, 1.165) is 5.75 Å². The Balaban J connectivity index is 1.92. The van der Waals surface area contributed by atoms with Crippen LogP contribution in [-0.2, 0) is 18.4 Å². The van der Waals surface area contributed by atoms with Gasteiger partial charge in [-0.3, -0.25) is 4.79 Å². The van der Waals surface area contributed by atoms with Crippen molar-refractivity contribution in [3.63, 3.8) is 0 Å². The Morgan fingerprint density at radius 2 is 1.96 bits per heavy atom. The Labute approximate surface area is 152 Å². The summed E-state index contributed by atoms with van der Waals surface area (Å²) >= 11 is 1.39. The van der Waals surface area contributed by atoms with Crippen LogP contribution >= 0.6 is 11.8 Å². The van der Waals surface area contributed by atoms with Gasteiger partial charge in [0.2, 0.25) is 5.91 Å². The zero-order valence-electron chi connectivity index (χ0n) is 15.1. The van der Waals surface area contributed by atoms with Crippen LogP contribution in [0.25, 0.3) is 0 Å². The summed E-state index contributed by atoms with van der Waals surface area (Å²) in [6, 6.07) is 7.40. The molecule has 0 saturated heterocycles. The van der Waals surface area contributed by atoms with Crippen LogP contribution in [0.3, 0.4) is 0 Å². The molecule has 0 aliphatic carbocycles. The molecule has 0 fully saturated rings. The van der Waals surface area contributed by atoms with Gasteiger partial charge < -0.3 is 18.9 Å². The predicted octanol–water partition coefficient (Wildman–Crippen LogP) is 2.36. The van der Waals surface area contributed by atoms with E-state index >= 15 is 0 Å². The third kappa shape index (κ3) is 5.12. The molecule has 25 heavy (non-hydrogen) atoms. The zero-order chi connectivity index (χ0) is 18.2. The van der Waals surface area contributed by atoms with E-state index in [0.29, 0.717) is 42.2 Å². The van der Waals surface area contributed by atoms with Gasteiger partial charge in [-0.15, -0.1) is 10.2 Å². The van der Waals surface area contributed by atoms with Crippen LogP contribution in [0.5, 0.6) is 11.5 Å². The average molecular weight is 364 g/mol. The van der Waals surface area contributed by atoms with Crippen LogP contribution in [0.2, 0.25) is 0 Å². The smallest absolute Gasteiger partial charge is 0.233 e. The number of carbonyl (C=O) groups is 1. The predicted molar refractivity (Wildman–Crippen MR) is 97.0 cm³/mol. The molecule has 0 aliphatic heterocycles. The third-order valence-corrected chi connectivity index (χ3v) is 4.78. The molecule has 1 heterocycles. The maximum absolute atomic E-state index is 12.1. The quantitative estimate of drug-likeness (QED) is 0.636. The lowest BCUT2D eigenvalue weighted by Crippen LogP contribution is -2.31. The number of aromatic nitrogens is 3. The lowest BCUT2D eigenvalue weighted by Gasteiger charge is -2.17. The number of hydrogen-bond donors (Lipinski definition) is 0. The van der Waals surface area contributed by atoms with Gasteiger partial charge in [0.25, 0.3) is 0 Å². The molecule has 1 aromatic heterocycles. The Morgan fingerprint density at radius 1 is 1.24 bits per heavy atom. The fraction of sp³-hybridized carbons (Fsp3) is 0.471. The number of rotatable bonds is 9. The van der Waals surface area contributed by atoms with E-state index in [9.17, 15) is 4.79 Å². The van der Waals surface area contributed by atoms with E-state index in [1.807, 2.05) is 49.7 Å². The highest BCUT2D eigenvalue weighted by Crippen LogP contribution is 2.21. The van der Waals surface area contributed by atoms with Crippen LogP contribution in [-0.4, -0.2) is 51.5 Å². The lowest BCUT2D eigenvalue weighted by molar-refractivity contribution is -0.127. The summed E-state index contributed by atoms with van der Waals surface area (Å²) in [4.78, 5) is 13.9. The largest absolute Gasteiger partial charge is 0.497 e. The van der Waals surface area contributed by atoms with E-state index in [2.05, 4.69) is 10.2 Å². The van der Waals surface area contributed by atoms with Crippen molar-refractivity contribution in [2.75, 3.05) is 26.0 Å². The maximum Gasteiger partial charge on any atom is 0.233 e. The van der Waals surface area contributed by atoms with E-state index in [1.165, 1.54) is 11.8 Å². The molecule has 2 rings (SSSR count). The summed E-state index contributed by atoms with van der Waals surface area (Å²) in [5.41, 5.74) is 0. The molecule has 136 valence electrons. The second kappa shape index (κ2) is 9.31. The molecule has 2 aromatic rings. The number of carbonyl (C=O) groups excluding carboxylic acids is 1. The van der Waals surface area contributed by atoms with Crippen LogP contribution in [0, 0.1) is 0 Å². The summed E-state index contributed by atoms with van der Waals surface area (Å²) in [5, 5.41) is 8.99. The molecule has 0 bridgehead atoms. The molecule has 0 N–H and O–H groups in total. The number of methoxy groups -OCH3 is 1. The molecular formula is C17H24N4O3S. The van der Waals surface area contributed by atoms with Gasteiger partial charge in [-0.25, -0.2) is 0 Å². The fourth-order valence-electron chi connectivity index (χ4n) is 2.23. The third-order valence-electron chi connectivity index (χ3n) is 3.78. The van der Waals surface area contributed by atoms with Crippen LogP contribution < -0.4 is 9.47 Å². The minimum absolute atomic E-state index is 0.104. The van der Waals surface area contributed by atoms with Crippen LogP contribution in [0.1, 0.15) is 19.7 Å². The van der Waals surface area contributed by atoms with Crippen molar-refractivity contribution in [3.8, 4) is 11.5 Å². The van der Waals surface area contributed by atoms with Crippen molar-refractivity contribution in [2.24, 2.45) is 7.05 Å². The Kier molecular flexibility index (Phi) is 7.12. The summed E-state index contributed by atoms with van der Waals surface area (Å²) in [5.74, 6) is 2.59. The second-order valence-electron chi connectivity index (χ2n) is 5.28. The fourth-order valence-corrected chi connectivity index (χ4v) is 3.06. The monoisotopic (exact) mass is 364 g/mol. The molecule has 0 atom stereocenters. The van der Waals surface area contributed by atoms with Crippen molar-refractivity contribution in [3.05, 3.63) is 30.1 Å². The van der Waals surface area contributed by atoms with Crippen molar-refractivity contribution in [2.45, 2.75) is 25.6 Å². The van der Waals surface area contributed by atoms with Gasteiger partial charge >= 0.3 is 0 Å². The first-order valence-corrected chi connectivity index (χ1v) is 9.13. The number of hydrogen-bond acceptors (Lipinski definition) is 6. The Bertz CT molecular complexity index is 701. The first-order valence-electron chi connectivity index (χ1n) is 8.14. The van der Waals surface area contributed by atoms with E-state index in [1.54, 1.807) is 12.0 Å². The molecule has 0 aliphatic rings. The van der Waals surface area contributed by atoms with E-state index in [-0.39, 0.29) is 5.91 Å². The van der Waals surface area contributed by atoms with Gasteiger partial charge in [0.15, 0.2) is 11.0 Å². The highest BCUT2D eigenvalue weighted by Gasteiger charge is 2.14. The number of thioether (sulfide) groups is 1. The second-order valence-corrected chi connectivity index (χ2v) is 6.22. The topological polar surface area (TPSA) is 69.5 Å². The highest BCUT2D eigenvalue weighted by atomic mass is 32.2. The summed E-state index contributed by atoms with van der Waals surface area (Å²) < 4.78 is 12.8. The molecule has 0 spiro atoms. The standard InChI is InChI=1S/C17H24N4O3S/c1-5-21(6-2)16(22)12-25-17-19-18-15(20(17)3)11-24-14-9-7-8-13(10-14)23-4/h7-10H,5-6,11-12H2,1-4H3. The number of nitrogens with zero attached hydrogens (tertiary/aromatic N) is 4. The van der Waals surface area contributed by atoms with Gasteiger partial charge in [0.05, 0.1) is 12.9 Å². The van der Waals surface area contributed by atoms with Crippen molar-refractivity contribution in [1.29, 1.82) is 0 Å². The number of benzene rings is 1. The Morgan fingerprint density at radius 3 is 2.64 bits per heavy atom. The molecular weight excluding hydrogens is 340 g/mol. The van der Waals surface area contributed by atoms with Crippen molar-refractivity contribution in [1.82, 2.24) is 19.7 Å². The van der Waals surface area contributed by atoms with Gasteiger partial charge in [-0.2, -0.15) is 0 Å². The van der Waals surface area contributed by atoms with Gasteiger partial charge in [-0.05, 0) is 26.0 Å². The molecule has 1 amide bonds. The van der Waals surface area contributed by atoms with Gasteiger partial charge in [-0.1, -0.05) is 17.8 Å². The summed E-state index contributed by atoms with van der Waals surface area (Å²) in [7, 11) is 3.49. The SMILES string of the molecule is CCN(CC)C(=O)CSc1nnc(COc2cccc(OC)c2)n1C. The van der Waals surface area contributed by atoms with E-state index < -0.39 is 0 Å². The summed E-state index contributed by atoms with van der Waals surface area (Å²) in [6.07, 6.45) is 0. The zero-order valence-corrected chi connectivity index (χ0v) is 15.9. The first-order chi connectivity index (χ1) is 12.1. The minimum Gasteiger partial charge on any atom is -0.497 e. The van der Waals surface area contributed by atoms with Crippen LogP contribution in [0.15, 0.2) is 29.4 Å². The molecule has 1 aromatic carbocycles. The van der Waals surface area contributed by atoms with E-state index in [4.69, 9.17) is 9.47 Å². The van der Waals surface area contributed by atoms with Crippen LogP contribution in [0.4, 0.5) is 0 Å². The highest BCUT2D eigenvalue weighted by molar-refractivity contribution is 7.99. The molecule has 8 heteroatoms. The lowest BCUT2D eigenvalue weighted by atomic mass is 10.3. The summed E-state index contributed by atoms with van der Waals surface area (Å²) in [6.45, 7) is 5.68. The van der Waals surface area contributed by atoms with Gasteiger partial charge in [0, 0.05) is 26.2 Å². The molecule has 7 nitrogen and oxygen atoms in total. The maximum atomic E-state index is 12.1. The van der Waals surface area contributed by atoms with Crippen molar-refractivity contribution >= 4 is 17.7 Å². The molecule has 0 unspecified atom stereocenters. The average Bonchev–Trinajstić information content (AvgIpc) is 2.99. The van der Waals surface area contributed by atoms with Gasteiger partial charge in [0.1, 0.15) is 18.1 Å². The normalized spacial score (nSPS) is 10.6. The first kappa shape index (κ1) is 19.1. The Hall–Kier alpha value is -2.22. The number of amides is 1. The minimum atomic E-state index is 0.104.